The molecule has 0 unspecified atom stereocenters. The summed E-state index contributed by atoms with van der Waals surface area (Å²) in [7, 11) is 4.61. The Morgan fingerprint density at radius 3 is 2.52 bits per heavy atom. The molecule has 140 valence electrons. The molecule has 8 nitrogen and oxygen atoms in total. The Bertz CT molecular complexity index is 1020. The number of nitrogens with two attached hydrogens (primary N) is 1. The summed E-state index contributed by atoms with van der Waals surface area (Å²) in [6, 6.07) is 8.54. The summed E-state index contributed by atoms with van der Waals surface area (Å²) in [6.45, 7) is 0. The van der Waals surface area contributed by atoms with Crippen molar-refractivity contribution >= 4 is 38.8 Å². The lowest BCUT2D eigenvalue weighted by Crippen LogP contribution is -2.17. The van der Waals surface area contributed by atoms with E-state index >= 15 is 0 Å². The molecule has 3 rings (SSSR count). The van der Waals surface area contributed by atoms with Crippen LogP contribution in [-0.4, -0.2) is 38.4 Å². The Balaban J connectivity index is 1.78. The van der Waals surface area contributed by atoms with Gasteiger partial charge in [-0.05, 0) is 24.3 Å². The number of hydrazone groups is 1. The van der Waals surface area contributed by atoms with Crippen LogP contribution in [0.1, 0.15) is 15.9 Å². The number of benzene rings is 2. The van der Waals surface area contributed by atoms with Gasteiger partial charge in [-0.15, -0.1) is 0 Å². The minimum atomic E-state index is -0.348. The molecule has 3 N–H and O–H groups in total. The van der Waals surface area contributed by atoms with Crippen molar-refractivity contribution in [3.05, 3.63) is 41.5 Å². The van der Waals surface area contributed by atoms with Crippen molar-refractivity contribution in [1.29, 1.82) is 0 Å². The van der Waals surface area contributed by atoms with Gasteiger partial charge in [0.1, 0.15) is 5.75 Å². The summed E-state index contributed by atoms with van der Waals surface area (Å²) in [6.07, 6.45) is 1.47. The first kappa shape index (κ1) is 18.5. The van der Waals surface area contributed by atoms with Gasteiger partial charge in [0, 0.05) is 17.2 Å². The van der Waals surface area contributed by atoms with Crippen LogP contribution in [0.5, 0.6) is 17.2 Å². The summed E-state index contributed by atoms with van der Waals surface area (Å²) < 4.78 is 16.7. The van der Waals surface area contributed by atoms with Crippen LogP contribution in [0.25, 0.3) is 10.2 Å². The van der Waals surface area contributed by atoms with Gasteiger partial charge in [0.15, 0.2) is 16.6 Å². The second-order valence-corrected chi connectivity index (χ2v) is 6.45. The van der Waals surface area contributed by atoms with E-state index in [1.165, 1.54) is 31.8 Å². The normalized spacial score (nSPS) is 10.9. The zero-order valence-corrected chi connectivity index (χ0v) is 15.8. The van der Waals surface area contributed by atoms with Crippen molar-refractivity contribution in [1.82, 2.24) is 10.4 Å². The number of aromatic nitrogens is 1. The molecule has 2 aromatic carbocycles. The number of nitrogens with zero attached hydrogens (tertiary/aromatic N) is 2. The SMILES string of the molecule is COc1cc(OC)c(OC)cc1/C=N\NC(=O)c1ccc2nc(N)sc2c1. The molecule has 0 fully saturated rings. The number of rotatable bonds is 6. The van der Waals surface area contributed by atoms with Crippen molar-refractivity contribution < 1.29 is 19.0 Å². The number of nitrogen functional groups attached to an aromatic ring is 1. The van der Waals surface area contributed by atoms with Crippen LogP contribution < -0.4 is 25.4 Å². The van der Waals surface area contributed by atoms with Gasteiger partial charge in [0.2, 0.25) is 0 Å². The summed E-state index contributed by atoms with van der Waals surface area (Å²) in [5, 5.41) is 4.46. The van der Waals surface area contributed by atoms with E-state index in [9.17, 15) is 4.79 Å². The molecule has 1 amide bonds. The summed E-state index contributed by atoms with van der Waals surface area (Å²) in [4.78, 5) is 16.5. The van der Waals surface area contributed by atoms with Crippen LogP contribution >= 0.6 is 11.3 Å². The third-order valence-electron chi connectivity index (χ3n) is 3.77. The maximum Gasteiger partial charge on any atom is 0.271 e. The van der Waals surface area contributed by atoms with Crippen molar-refractivity contribution in [3.8, 4) is 17.2 Å². The average molecular weight is 386 g/mol. The average Bonchev–Trinajstić information content (AvgIpc) is 3.06. The van der Waals surface area contributed by atoms with Crippen LogP contribution in [0.4, 0.5) is 5.13 Å². The molecule has 1 heterocycles. The fourth-order valence-electron chi connectivity index (χ4n) is 2.46. The lowest BCUT2D eigenvalue weighted by Gasteiger charge is -2.11. The lowest BCUT2D eigenvalue weighted by atomic mass is 10.2. The van der Waals surface area contributed by atoms with E-state index in [-0.39, 0.29) is 5.91 Å². The van der Waals surface area contributed by atoms with E-state index in [0.717, 1.165) is 10.2 Å². The number of ether oxygens (including phenoxy) is 3. The predicted molar refractivity (Wildman–Crippen MR) is 105 cm³/mol. The molecule has 3 aromatic rings. The highest BCUT2D eigenvalue weighted by molar-refractivity contribution is 7.22. The summed E-state index contributed by atoms with van der Waals surface area (Å²) >= 11 is 1.32. The van der Waals surface area contributed by atoms with Gasteiger partial charge in [-0.2, -0.15) is 5.10 Å². The van der Waals surface area contributed by atoms with E-state index in [1.54, 1.807) is 37.4 Å². The Kier molecular flexibility index (Phi) is 5.41. The minimum absolute atomic E-state index is 0.348. The molecule has 9 heteroatoms. The van der Waals surface area contributed by atoms with Gasteiger partial charge in [0.05, 0.1) is 37.8 Å². The van der Waals surface area contributed by atoms with Crippen LogP contribution in [0.15, 0.2) is 35.4 Å². The number of carbonyl (C=O) groups is 1. The highest BCUT2D eigenvalue weighted by atomic mass is 32.1. The fraction of sp³-hybridized carbons (Fsp3) is 0.167. The number of amides is 1. The highest BCUT2D eigenvalue weighted by Crippen LogP contribution is 2.33. The molecule has 27 heavy (non-hydrogen) atoms. The Morgan fingerprint density at radius 1 is 1.11 bits per heavy atom. The van der Waals surface area contributed by atoms with E-state index in [1.807, 2.05) is 0 Å². The number of hydrogen-bond donors (Lipinski definition) is 2. The molecule has 0 saturated carbocycles. The molecular formula is C18H18N4O4S. The monoisotopic (exact) mass is 386 g/mol. The molecule has 0 aliphatic carbocycles. The third-order valence-corrected chi connectivity index (χ3v) is 4.62. The molecule has 0 bridgehead atoms. The predicted octanol–water partition coefficient (Wildman–Crippen LogP) is 2.67. The van der Waals surface area contributed by atoms with Crippen molar-refractivity contribution in [2.75, 3.05) is 27.1 Å². The smallest absolute Gasteiger partial charge is 0.271 e. The molecule has 0 saturated heterocycles. The number of methoxy groups -OCH3 is 3. The zero-order valence-electron chi connectivity index (χ0n) is 15.0. The van der Waals surface area contributed by atoms with Crippen LogP contribution in [0.2, 0.25) is 0 Å². The molecule has 0 radical (unpaired) electrons. The zero-order chi connectivity index (χ0) is 19.4. The quantitative estimate of drug-likeness (QED) is 0.498. The van der Waals surface area contributed by atoms with E-state index in [4.69, 9.17) is 19.9 Å². The van der Waals surface area contributed by atoms with Crippen molar-refractivity contribution in [2.45, 2.75) is 0 Å². The molecule has 0 atom stereocenters. The van der Waals surface area contributed by atoms with Gasteiger partial charge in [0.25, 0.3) is 5.91 Å². The first-order valence-electron chi connectivity index (χ1n) is 7.85. The van der Waals surface area contributed by atoms with Gasteiger partial charge in [-0.1, -0.05) is 11.3 Å². The second-order valence-electron chi connectivity index (χ2n) is 5.38. The van der Waals surface area contributed by atoms with Gasteiger partial charge in [-0.25, -0.2) is 10.4 Å². The number of fused-ring (bicyclic) bond motifs is 1. The first-order valence-corrected chi connectivity index (χ1v) is 8.67. The molecule has 0 aliphatic heterocycles. The lowest BCUT2D eigenvalue weighted by molar-refractivity contribution is 0.0955. The number of nitrogens with one attached hydrogen (secondary N) is 1. The molecule has 0 aliphatic rings. The van der Waals surface area contributed by atoms with E-state index < -0.39 is 0 Å². The minimum Gasteiger partial charge on any atom is -0.496 e. The topological polar surface area (TPSA) is 108 Å². The van der Waals surface area contributed by atoms with Crippen LogP contribution in [-0.2, 0) is 0 Å². The Morgan fingerprint density at radius 2 is 1.81 bits per heavy atom. The molecule has 1 aromatic heterocycles. The van der Waals surface area contributed by atoms with Gasteiger partial charge < -0.3 is 19.9 Å². The molecule has 0 spiro atoms. The summed E-state index contributed by atoms with van der Waals surface area (Å²) in [5.74, 6) is 1.25. The van der Waals surface area contributed by atoms with Crippen molar-refractivity contribution in [2.24, 2.45) is 5.10 Å². The Labute approximate surface area is 159 Å². The number of thiazole rings is 1. The Hall–Kier alpha value is -3.33. The summed E-state index contributed by atoms with van der Waals surface area (Å²) in [5.41, 5.74) is 10.0. The largest absolute Gasteiger partial charge is 0.496 e. The van der Waals surface area contributed by atoms with Gasteiger partial charge >= 0.3 is 0 Å². The maximum atomic E-state index is 12.3. The van der Waals surface area contributed by atoms with Gasteiger partial charge in [-0.3, -0.25) is 4.79 Å². The fourth-order valence-corrected chi connectivity index (χ4v) is 3.24. The highest BCUT2D eigenvalue weighted by Gasteiger charge is 2.11. The number of anilines is 1. The maximum absolute atomic E-state index is 12.3. The van der Waals surface area contributed by atoms with Crippen LogP contribution in [0, 0.1) is 0 Å². The standard InChI is InChI=1S/C18H18N4O4S/c1-24-13-8-15(26-3)14(25-2)6-11(13)9-20-22-17(23)10-4-5-12-16(7-10)27-18(19)21-12/h4-9H,1-3H3,(H2,19,21)(H,22,23)/b20-9-. The van der Waals surface area contributed by atoms with E-state index in [0.29, 0.717) is 33.5 Å². The number of carbonyl (C=O) groups excluding carboxylic acids is 1. The van der Waals surface area contributed by atoms with E-state index in [2.05, 4.69) is 15.5 Å². The first-order chi connectivity index (χ1) is 13.0. The van der Waals surface area contributed by atoms with Crippen molar-refractivity contribution in [3.63, 3.8) is 0 Å². The third kappa shape index (κ3) is 3.93. The number of hydrogen-bond acceptors (Lipinski definition) is 8. The van der Waals surface area contributed by atoms with Crippen LogP contribution in [0.3, 0.4) is 0 Å². The molecular weight excluding hydrogens is 368 g/mol. The second kappa shape index (κ2) is 7.92.